The highest BCUT2D eigenvalue weighted by Crippen LogP contribution is 2.27. The predicted molar refractivity (Wildman–Crippen MR) is 96.7 cm³/mol. The first-order valence-electron chi connectivity index (χ1n) is 6.79. The quantitative estimate of drug-likeness (QED) is 0.809. The summed E-state index contributed by atoms with van der Waals surface area (Å²) in [7, 11) is -1.25. The number of nitrogens with one attached hydrogen (secondary N) is 2. The van der Waals surface area contributed by atoms with Crippen LogP contribution in [0.15, 0.2) is 27.5 Å². The molecule has 0 aliphatic carbocycles. The standard InChI is InChI=1S/C15H18BrClN2O2S/c1-8(19-22(21)15(2,3)4)10-5-9-6-12(17)11(16)7-13(9)18-14(10)20/h5-8,19H,1-4H3,(H,18,20)/t8-,22?/m0/s1. The SMILES string of the molecule is C[C@H](NS(=O)C(C)(C)C)c1cc2cc(Cl)c(Br)cc2[nH]c1=O. The summed E-state index contributed by atoms with van der Waals surface area (Å²) in [4.78, 5) is 15.1. The van der Waals surface area contributed by atoms with Gasteiger partial charge in [-0.15, -0.1) is 0 Å². The molecular weight excluding hydrogens is 388 g/mol. The molecule has 0 aliphatic rings. The van der Waals surface area contributed by atoms with Crippen LogP contribution < -0.4 is 10.3 Å². The van der Waals surface area contributed by atoms with Crippen molar-refractivity contribution in [1.29, 1.82) is 0 Å². The average Bonchev–Trinajstić information content (AvgIpc) is 2.38. The van der Waals surface area contributed by atoms with Gasteiger partial charge in [-0.2, -0.15) is 0 Å². The molecule has 1 aromatic carbocycles. The molecule has 1 unspecified atom stereocenters. The normalized spacial score (nSPS) is 15.0. The van der Waals surface area contributed by atoms with Crippen LogP contribution in [0.4, 0.5) is 0 Å². The molecule has 22 heavy (non-hydrogen) atoms. The van der Waals surface area contributed by atoms with Gasteiger partial charge in [-0.25, -0.2) is 8.93 Å². The van der Waals surface area contributed by atoms with E-state index in [-0.39, 0.29) is 11.6 Å². The lowest BCUT2D eigenvalue weighted by atomic mass is 10.1. The van der Waals surface area contributed by atoms with Gasteiger partial charge in [0.1, 0.15) is 0 Å². The highest BCUT2D eigenvalue weighted by Gasteiger charge is 2.23. The Bertz CT molecular complexity index is 798. The van der Waals surface area contributed by atoms with Crippen LogP contribution in [0.3, 0.4) is 0 Å². The lowest BCUT2D eigenvalue weighted by Gasteiger charge is -2.22. The lowest BCUT2D eigenvalue weighted by Crippen LogP contribution is -2.36. The van der Waals surface area contributed by atoms with Gasteiger partial charge in [0.2, 0.25) is 0 Å². The number of pyridine rings is 1. The number of benzene rings is 1. The zero-order chi connectivity index (χ0) is 16.7. The maximum atomic E-state index is 12.3. The van der Waals surface area contributed by atoms with Crippen molar-refractivity contribution < 1.29 is 4.21 Å². The molecule has 0 saturated heterocycles. The van der Waals surface area contributed by atoms with Gasteiger partial charge in [-0.05, 0) is 61.8 Å². The van der Waals surface area contributed by atoms with Gasteiger partial charge in [-0.1, -0.05) is 11.6 Å². The maximum absolute atomic E-state index is 12.3. The van der Waals surface area contributed by atoms with Gasteiger partial charge >= 0.3 is 0 Å². The van der Waals surface area contributed by atoms with Gasteiger partial charge in [0.25, 0.3) is 5.56 Å². The average molecular weight is 406 g/mol. The van der Waals surface area contributed by atoms with E-state index in [2.05, 4.69) is 25.6 Å². The number of H-pyrrole nitrogens is 1. The number of rotatable bonds is 3. The molecule has 0 amide bonds. The molecule has 7 heteroatoms. The minimum absolute atomic E-state index is 0.201. The lowest BCUT2D eigenvalue weighted by molar-refractivity contribution is 0.615. The Labute approximate surface area is 145 Å². The van der Waals surface area contributed by atoms with E-state index >= 15 is 0 Å². The van der Waals surface area contributed by atoms with Crippen LogP contribution in [0.5, 0.6) is 0 Å². The summed E-state index contributed by atoms with van der Waals surface area (Å²) in [5.74, 6) is 0. The fourth-order valence-corrected chi connectivity index (χ4v) is 3.26. The van der Waals surface area contributed by atoms with Gasteiger partial charge in [0, 0.05) is 27.0 Å². The number of halogens is 2. The van der Waals surface area contributed by atoms with Crippen LogP contribution in [0.2, 0.25) is 5.02 Å². The topological polar surface area (TPSA) is 62.0 Å². The highest BCUT2D eigenvalue weighted by atomic mass is 79.9. The van der Waals surface area contributed by atoms with Crippen molar-refractivity contribution in [3.05, 3.63) is 43.6 Å². The Morgan fingerprint density at radius 2 is 1.95 bits per heavy atom. The molecule has 1 aromatic heterocycles. The third-order valence-corrected chi connectivity index (χ3v) is 6.10. The van der Waals surface area contributed by atoms with Crippen LogP contribution in [0.25, 0.3) is 10.9 Å². The van der Waals surface area contributed by atoms with Crippen molar-refractivity contribution in [2.45, 2.75) is 38.5 Å². The van der Waals surface area contributed by atoms with E-state index in [1.165, 1.54) is 0 Å². The largest absolute Gasteiger partial charge is 0.322 e. The molecule has 120 valence electrons. The minimum atomic E-state index is -1.25. The van der Waals surface area contributed by atoms with Crippen molar-refractivity contribution in [2.24, 2.45) is 0 Å². The second kappa shape index (κ2) is 6.43. The van der Waals surface area contributed by atoms with Crippen LogP contribution in [0.1, 0.15) is 39.3 Å². The molecule has 4 nitrogen and oxygen atoms in total. The molecule has 2 atom stereocenters. The third kappa shape index (κ3) is 3.79. The maximum Gasteiger partial charge on any atom is 0.253 e. The van der Waals surface area contributed by atoms with Crippen LogP contribution >= 0.6 is 27.5 Å². The summed E-state index contributed by atoms with van der Waals surface area (Å²) in [5, 5.41) is 1.40. The fraction of sp³-hybridized carbons (Fsp3) is 0.400. The molecule has 0 saturated carbocycles. The molecular formula is C15H18BrClN2O2S. The van der Waals surface area contributed by atoms with Crippen molar-refractivity contribution >= 4 is 49.4 Å². The van der Waals surface area contributed by atoms with Crippen LogP contribution in [0, 0.1) is 0 Å². The second-order valence-electron chi connectivity index (χ2n) is 6.13. The molecule has 0 spiro atoms. The van der Waals surface area contributed by atoms with E-state index in [0.717, 1.165) is 9.86 Å². The number of aromatic amines is 1. The number of aromatic nitrogens is 1. The van der Waals surface area contributed by atoms with E-state index in [4.69, 9.17) is 11.6 Å². The third-order valence-electron chi connectivity index (χ3n) is 3.22. The smallest absolute Gasteiger partial charge is 0.253 e. The Hall–Kier alpha value is -0.690. The van der Waals surface area contributed by atoms with E-state index in [9.17, 15) is 9.00 Å². The second-order valence-corrected chi connectivity index (χ2v) is 9.39. The minimum Gasteiger partial charge on any atom is -0.322 e. The summed E-state index contributed by atoms with van der Waals surface area (Å²) in [6.07, 6.45) is 0. The van der Waals surface area contributed by atoms with Gasteiger partial charge in [-0.3, -0.25) is 4.79 Å². The molecule has 2 aromatic rings. The molecule has 2 N–H and O–H groups in total. The van der Waals surface area contributed by atoms with Crippen LogP contribution in [-0.2, 0) is 11.0 Å². The number of hydrogen-bond acceptors (Lipinski definition) is 2. The molecule has 1 heterocycles. The zero-order valence-corrected chi connectivity index (χ0v) is 15.9. The molecule has 0 radical (unpaired) electrons. The zero-order valence-electron chi connectivity index (χ0n) is 12.8. The van der Waals surface area contributed by atoms with Crippen molar-refractivity contribution in [3.63, 3.8) is 0 Å². The first-order valence-corrected chi connectivity index (χ1v) is 9.11. The Morgan fingerprint density at radius 1 is 1.32 bits per heavy atom. The summed E-state index contributed by atoms with van der Waals surface area (Å²) >= 11 is 9.44. The number of hydrogen-bond donors (Lipinski definition) is 2. The van der Waals surface area contributed by atoms with Gasteiger partial charge in [0.05, 0.1) is 20.8 Å². The summed E-state index contributed by atoms with van der Waals surface area (Å²) in [5.41, 5.74) is 1.03. The number of fused-ring (bicyclic) bond motifs is 1. The fourth-order valence-electron chi connectivity index (χ4n) is 1.94. The van der Waals surface area contributed by atoms with Crippen LogP contribution in [-0.4, -0.2) is 13.9 Å². The molecule has 0 bridgehead atoms. The summed E-state index contributed by atoms with van der Waals surface area (Å²) < 4.78 is 15.5. The van der Waals surface area contributed by atoms with Crippen molar-refractivity contribution in [2.75, 3.05) is 0 Å². The molecule has 2 rings (SSSR count). The van der Waals surface area contributed by atoms with E-state index < -0.39 is 15.7 Å². The first kappa shape index (κ1) is 17.7. The predicted octanol–water partition coefficient (Wildman–Crippen LogP) is 4.06. The van der Waals surface area contributed by atoms with E-state index in [1.54, 1.807) is 18.2 Å². The molecule has 0 aliphatic heterocycles. The Morgan fingerprint density at radius 3 is 2.55 bits per heavy atom. The van der Waals surface area contributed by atoms with E-state index in [0.29, 0.717) is 16.1 Å². The van der Waals surface area contributed by atoms with E-state index in [1.807, 2.05) is 27.7 Å². The Balaban J connectivity index is 2.43. The molecule has 0 fully saturated rings. The van der Waals surface area contributed by atoms with Crippen molar-refractivity contribution in [3.8, 4) is 0 Å². The Kier molecular flexibility index (Phi) is 5.16. The van der Waals surface area contributed by atoms with Gasteiger partial charge in [0.15, 0.2) is 0 Å². The highest BCUT2D eigenvalue weighted by molar-refractivity contribution is 9.10. The summed E-state index contributed by atoms with van der Waals surface area (Å²) in [6.45, 7) is 7.46. The monoisotopic (exact) mass is 404 g/mol. The van der Waals surface area contributed by atoms with Crippen molar-refractivity contribution in [1.82, 2.24) is 9.71 Å². The van der Waals surface area contributed by atoms with Gasteiger partial charge < -0.3 is 4.98 Å². The first-order chi connectivity index (χ1) is 10.1. The summed E-state index contributed by atoms with van der Waals surface area (Å²) in [6, 6.07) is 5.00.